The molecule has 0 aromatic heterocycles. The number of carbonyl (C=O) groups excluding carboxylic acids is 1. The van der Waals surface area contributed by atoms with Crippen LogP contribution in [0.15, 0.2) is 0 Å². The minimum atomic E-state index is -0.742. The molecule has 2 N–H and O–H groups in total. The summed E-state index contributed by atoms with van der Waals surface area (Å²) in [4.78, 5) is 11.2. The molecule has 1 rings (SSSR count). The number of amides is 1. The fourth-order valence-electron chi connectivity index (χ4n) is 1.11. The third-order valence-electron chi connectivity index (χ3n) is 2.06. The Bertz CT molecular complexity index is 204. The summed E-state index contributed by atoms with van der Waals surface area (Å²) in [5.41, 5.74) is 0. The molecule has 13 heavy (non-hydrogen) atoms. The summed E-state index contributed by atoms with van der Waals surface area (Å²) in [6, 6.07) is 0. The van der Waals surface area contributed by atoms with Crippen LogP contribution in [0.25, 0.3) is 0 Å². The molecule has 0 aromatic carbocycles. The SMILES string of the molecule is CS(=O)CCCNC(=O)C1CNC1. The minimum Gasteiger partial charge on any atom is -0.356 e. The number of carbonyl (C=O) groups is 1. The summed E-state index contributed by atoms with van der Waals surface area (Å²) >= 11 is 0. The van der Waals surface area contributed by atoms with E-state index in [0.29, 0.717) is 12.3 Å². The Morgan fingerprint density at radius 3 is 2.77 bits per heavy atom. The second-order valence-corrected chi connectivity index (χ2v) is 4.83. The van der Waals surface area contributed by atoms with Crippen molar-refractivity contribution in [2.24, 2.45) is 5.92 Å². The second kappa shape index (κ2) is 5.34. The molecular weight excluding hydrogens is 188 g/mol. The van der Waals surface area contributed by atoms with Gasteiger partial charge in [0.05, 0.1) is 5.92 Å². The predicted molar refractivity (Wildman–Crippen MR) is 52.9 cm³/mol. The number of hydrogen-bond donors (Lipinski definition) is 2. The zero-order valence-corrected chi connectivity index (χ0v) is 8.65. The summed E-state index contributed by atoms with van der Waals surface area (Å²) in [5.74, 6) is 0.955. The molecule has 1 unspecified atom stereocenters. The highest BCUT2D eigenvalue weighted by molar-refractivity contribution is 7.84. The first-order chi connectivity index (χ1) is 6.20. The van der Waals surface area contributed by atoms with Crippen molar-refractivity contribution in [3.63, 3.8) is 0 Å². The van der Waals surface area contributed by atoms with E-state index in [1.807, 2.05) is 0 Å². The summed E-state index contributed by atoms with van der Waals surface area (Å²) < 4.78 is 10.7. The van der Waals surface area contributed by atoms with E-state index >= 15 is 0 Å². The zero-order chi connectivity index (χ0) is 9.68. The normalized spacial score (nSPS) is 19.2. The van der Waals surface area contributed by atoms with Gasteiger partial charge in [-0.1, -0.05) is 0 Å². The lowest BCUT2D eigenvalue weighted by atomic mass is 10.0. The van der Waals surface area contributed by atoms with Crippen LogP contribution in [0.5, 0.6) is 0 Å². The molecule has 0 spiro atoms. The lowest BCUT2D eigenvalue weighted by molar-refractivity contribution is -0.126. The van der Waals surface area contributed by atoms with Crippen LogP contribution in [0.4, 0.5) is 0 Å². The molecule has 76 valence electrons. The Balaban J connectivity index is 1.98. The van der Waals surface area contributed by atoms with E-state index in [0.717, 1.165) is 19.5 Å². The highest BCUT2D eigenvalue weighted by atomic mass is 32.2. The van der Waals surface area contributed by atoms with Gasteiger partial charge in [-0.2, -0.15) is 0 Å². The summed E-state index contributed by atoms with van der Waals surface area (Å²) in [6.07, 6.45) is 2.48. The van der Waals surface area contributed by atoms with Gasteiger partial charge in [0.2, 0.25) is 5.91 Å². The van der Waals surface area contributed by atoms with E-state index in [-0.39, 0.29) is 11.8 Å². The van der Waals surface area contributed by atoms with Gasteiger partial charge in [0.25, 0.3) is 0 Å². The fraction of sp³-hybridized carbons (Fsp3) is 0.875. The molecule has 1 heterocycles. The fourth-order valence-corrected chi connectivity index (χ4v) is 1.66. The van der Waals surface area contributed by atoms with Crippen molar-refractivity contribution < 1.29 is 9.00 Å². The third kappa shape index (κ3) is 3.87. The zero-order valence-electron chi connectivity index (χ0n) is 7.84. The first-order valence-corrected chi connectivity index (χ1v) is 6.21. The number of hydrogen-bond acceptors (Lipinski definition) is 3. The highest BCUT2D eigenvalue weighted by Crippen LogP contribution is 2.01. The molecule has 0 bridgehead atoms. The highest BCUT2D eigenvalue weighted by Gasteiger charge is 2.23. The maximum Gasteiger partial charge on any atom is 0.225 e. The van der Waals surface area contributed by atoms with Crippen molar-refractivity contribution in [1.82, 2.24) is 10.6 Å². The van der Waals surface area contributed by atoms with E-state index in [1.165, 1.54) is 0 Å². The monoisotopic (exact) mass is 204 g/mol. The first-order valence-electron chi connectivity index (χ1n) is 4.48. The maximum atomic E-state index is 11.2. The van der Waals surface area contributed by atoms with Crippen molar-refractivity contribution in [3.8, 4) is 0 Å². The Kier molecular flexibility index (Phi) is 4.38. The van der Waals surface area contributed by atoms with Crippen molar-refractivity contribution in [2.45, 2.75) is 6.42 Å². The van der Waals surface area contributed by atoms with Gasteiger partial charge in [0.1, 0.15) is 0 Å². The van der Waals surface area contributed by atoms with E-state index in [4.69, 9.17) is 0 Å². The van der Waals surface area contributed by atoms with E-state index in [2.05, 4.69) is 10.6 Å². The molecule has 1 saturated heterocycles. The van der Waals surface area contributed by atoms with Gasteiger partial charge in [0.15, 0.2) is 0 Å². The molecule has 0 radical (unpaired) electrons. The summed E-state index contributed by atoms with van der Waals surface area (Å²) in [5, 5.41) is 5.87. The Hall–Kier alpha value is -0.420. The van der Waals surface area contributed by atoms with Crippen LogP contribution in [0.1, 0.15) is 6.42 Å². The van der Waals surface area contributed by atoms with Gasteiger partial charge in [-0.25, -0.2) is 0 Å². The van der Waals surface area contributed by atoms with Crippen LogP contribution >= 0.6 is 0 Å². The molecule has 1 atom stereocenters. The van der Waals surface area contributed by atoms with Gasteiger partial charge in [0, 0.05) is 42.4 Å². The Morgan fingerprint density at radius 2 is 2.31 bits per heavy atom. The number of nitrogens with one attached hydrogen (secondary N) is 2. The molecule has 1 aliphatic rings. The van der Waals surface area contributed by atoms with Crippen LogP contribution in [-0.4, -0.2) is 41.8 Å². The molecule has 1 amide bonds. The third-order valence-corrected chi connectivity index (χ3v) is 2.92. The van der Waals surface area contributed by atoms with Crippen molar-refractivity contribution >= 4 is 16.7 Å². The maximum absolute atomic E-state index is 11.2. The van der Waals surface area contributed by atoms with Crippen LogP contribution in [0, 0.1) is 5.92 Å². The van der Waals surface area contributed by atoms with E-state index in [1.54, 1.807) is 6.26 Å². The van der Waals surface area contributed by atoms with Crippen LogP contribution < -0.4 is 10.6 Å². The van der Waals surface area contributed by atoms with E-state index in [9.17, 15) is 9.00 Å². The average molecular weight is 204 g/mol. The smallest absolute Gasteiger partial charge is 0.225 e. The predicted octanol–water partition coefficient (Wildman–Crippen LogP) is -0.909. The largest absolute Gasteiger partial charge is 0.356 e. The van der Waals surface area contributed by atoms with Crippen molar-refractivity contribution in [3.05, 3.63) is 0 Å². The Labute approximate surface area is 80.9 Å². The standard InChI is InChI=1S/C8H16N2O2S/c1-13(12)4-2-3-10-8(11)7-5-9-6-7/h7,9H,2-6H2,1H3,(H,10,11). The van der Waals surface area contributed by atoms with Crippen LogP contribution in [-0.2, 0) is 15.6 Å². The van der Waals surface area contributed by atoms with Crippen LogP contribution in [0.3, 0.4) is 0 Å². The molecule has 0 aliphatic carbocycles. The number of rotatable bonds is 5. The van der Waals surface area contributed by atoms with Crippen molar-refractivity contribution in [2.75, 3.05) is 31.6 Å². The second-order valence-electron chi connectivity index (χ2n) is 3.28. The van der Waals surface area contributed by atoms with Gasteiger partial charge in [-0.3, -0.25) is 9.00 Å². The topological polar surface area (TPSA) is 58.2 Å². The van der Waals surface area contributed by atoms with Crippen LogP contribution in [0.2, 0.25) is 0 Å². The molecule has 5 heteroatoms. The summed E-state index contributed by atoms with van der Waals surface area (Å²) in [7, 11) is -0.742. The first kappa shape index (κ1) is 10.7. The van der Waals surface area contributed by atoms with E-state index < -0.39 is 10.8 Å². The molecular formula is C8H16N2O2S. The van der Waals surface area contributed by atoms with Crippen molar-refractivity contribution in [1.29, 1.82) is 0 Å². The Morgan fingerprint density at radius 1 is 1.62 bits per heavy atom. The minimum absolute atomic E-state index is 0.126. The van der Waals surface area contributed by atoms with Gasteiger partial charge >= 0.3 is 0 Å². The molecule has 0 saturated carbocycles. The molecule has 1 fully saturated rings. The molecule has 1 aliphatic heterocycles. The quantitative estimate of drug-likeness (QED) is 0.570. The summed E-state index contributed by atoms with van der Waals surface area (Å²) in [6.45, 7) is 2.24. The molecule has 4 nitrogen and oxygen atoms in total. The van der Waals surface area contributed by atoms with Gasteiger partial charge in [-0.15, -0.1) is 0 Å². The average Bonchev–Trinajstić information content (AvgIpc) is 1.94. The molecule has 0 aromatic rings. The lowest BCUT2D eigenvalue weighted by Crippen LogP contribution is -2.50. The van der Waals surface area contributed by atoms with Gasteiger partial charge < -0.3 is 10.6 Å². The van der Waals surface area contributed by atoms with Gasteiger partial charge in [-0.05, 0) is 6.42 Å². The lowest BCUT2D eigenvalue weighted by Gasteiger charge is -2.25.